The van der Waals surface area contributed by atoms with Crippen LogP contribution in [0.5, 0.6) is 0 Å². The Hall–Kier alpha value is -1.94. The van der Waals surface area contributed by atoms with E-state index in [1.807, 2.05) is 51.1 Å². The molecule has 1 aliphatic carbocycles. The van der Waals surface area contributed by atoms with Gasteiger partial charge in [0.1, 0.15) is 0 Å². The monoisotopic (exact) mass is 329 g/mol. The van der Waals surface area contributed by atoms with Gasteiger partial charge in [-0.25, -0.2) is 0 Å². The molecule has 1 atom stereocenters. The summed E-state index contributed by atoms with van der Waals surface area (Å²) in [7, 11) is 0. The van der Waals surface area contributed by atoms with E-state index >= 15 is 0 Å². The maximum Gasteiger partial charge on any atom is 0.171 e. The first-order valence-corrected chi connectivity index (χ1v) is 8.58. The number of ether oxygens (including phenoxy) is 1. The fraction of sp³-hybridized carbons (Fsp3) is 0.500. The van der Waals surface area contributed by atoms with Crippen LogP contribution in [0.25, 0.3) is 0 Å². The first-order valence-electron chi connectivity index (χ1n) is 8.58. The van der Waals surface area contributed by atoms with Crippen LogP contribution in [0.1, 0.15) is 32.8 Å². The first kappa shape index (κ1) is 18.4. The van der Waals surface area contributed by atoms with Crippen molar-refractivity contribution in [2.45, 2.75) is 33.6 Å². The summed E-state index contributed by atoms with van der Waals surface area (Å²) in [6, 6.07) is 9.99. The molecule has 0 aliphatic heterocycles. The number of allylic oxidation sites excluding steroid dienone is 1. The SMILES string of the molecule is CCOCCNC=C1C(=O)CC(C)(C)C(Cc2ccccc2)C1=O. The van der Waals surface area contributed by atoms with Crippen molar-refractivity contribution in [2.75, 3.05) is 19.8 Å². The highest BCUT2D eigenvalue weighted by Gasteiger charge is 2.44. The van der Waals surface area contributed by atoms with Crippen LogP contribution < -0.4 is 5.32 Å². The summed E-state index contributed by atoms with van der Waals surface area (Å²) in [6.07, 6.45) is 2.64. The van der Waals surface area contributed by atoms with Crippen LogP contribution in [-0.2, 0) is 20.7 Å². The van der Waals surface area contributed by atoms with Crippen LogP contribution in [0.4, 0.5) is 0 Å². The van der Waals surface area contributed by atoms with Gasteiger partial charge in [0, 0.05) is 31.7 Å². The summed E-state index contributed by atoms with van der Waals surface area (Å²) in [6.45, 7) is 7.75. The van der Waals surface area contributed by atoms with Crippen LogP contribution in [-0.4, -0.2) is 31.3 Å². The summed E-state index contributed by atoms with van der Waals surface area (Å²) >= 11 is 0. The Balaban J connectivity index is 2.12. The van der Waals surface area contributed by atoms with E-state index in [9.17, 15) is 9.59 Å². The Morgan fingerprint density at radius 1 is 1.25 bits per heavy atom. The van der Waals surface area contributed by atoms with Gasteiger partial charge in [0.05, 0.1) is 12.2 Å². The van der Waals surface area contributed by atoms with E-state index in [4.69, 9.17) is 4.74 Å². The summed E-state index contributed by atoms with van der Waals surface area (Å²) < 4.78 is 5.25. The molecule has 1 N–H and O–H groups in total. The molecule has 1 saturated carbocycles. The quantitative estimate of drug-likeness (QED) is 0.475. The van der Waals surface area contributed by atoms with Crippen LogP contribution >= 0.6 is 0 Å². The highest BCUT2D eigenvalue weighted by Crippen LogP contribution is 2.40. The van der Waals surface area contributed by atoms with Crippen molar-refractivity contribution >= 4 is 11.6 Å². The van der Waals surface area contributed by atoms with Gasteiger partial charge in [0.25, 0.3) is 0 Å². The lowest BCUT2D eigenvalue weighted by Gasteiger charge is -2.37. The van der Waals surface area contributed by atoms with E-state index in [-0.39, 0.29) is 22.9 Å². The molecule has 130 valence electrons. The number of benzene rings is 1. The van der Waals surface area contributed by atoms with E-state index in [1.165, 1.54) is 0 Å². The minimum atomic E-state index is -0.327. The van der Waals surface area contributed by atoms with Crippen LogP contribution in [0.2, 0.25) is 0 Å². The van der Waals surface area contributed by atoms with Gasteiger partial charge in [-0.2, -0.15) is 0 Å². The number of hydrogen-bond acceptors (Lipinski definition) is 4. The predicted molar refractivity (Wildman–Crippen MR) is 94.6 cm³/mol. The van der Waals surface area contributed by atoms with Crippen molar-refractivity contribution < 1.29 is 14.3 Å². The molecule has 1 aliphatic rings. The van der Waals surface area contributed by atoms with E-state index in [1.54, 1.807) is 6.20 Å². The zero-order valence-corrected chi connectivity index (χ0v) is 14.8. The Morgan fingerprint density at radius 2 is 1.96 bits per heavy atom. The van der Waals surface area contributed by atoms with E-state index in [0.29, 0.717) is 38.2 Å². The molecule has 0 heterocycles. The lowest BCUT2D eigenvalue weighted by atomic mass is 9.64. The Kier molecular flexibility index (Phi) is 6.32. The molecule has 1 unspecified atom stereocenters. The van der Waals surface area contributed by atoms with Crippen molar-refractivity contribution in [2.24, 2.45) is 11.3 Å². The van der Waals surface area contributed by atoms with Gasteiger partial charge in [0.15, 0.2) is 11.6 Å². The molecule has 1 fully saturated rings. The maximum atomic E-state index is 12.9. The Bertz CT molecular complexity index is 605. The lowest BCUT2D eigenvalue weighted by Crippen LogP contribution is -2.43. The number of rotatable bonds is 7. The highest BCUT2D eigenvalue weighted by molar-refractivity contribution is 6.23. The average molecular weight is 329 g/mol. The molecular weight excluding hydrogens is 302 g/mol. The van der Waals surface area contributed by atoms with Gasteiger partial charge in [-0.15, -0.1) is 0 Å². The summed E-state index contributed by atoms with van der Waals surface area (Å²) in [5.41, 5.74) is 1.10. The molecular formula is C20H27NO3. The van der Waals surface area contributed by atoms with Crippen LogP contribution in [0, 0.1) is 11.3 Å². The molecule has 0 aromatic heterocycles. The second-order valence-corrected chi connectivity index (χ2v) is 6.90. The molecule has 0 saturated heterocycles. The van der Waals surface area contributed by atoms with Crippen molar-refractivity contribution in [3.8, 4) is 0 Å². The Morgan fingerprint density at radius 3 is 2.62 bits per heavy atom. The average Bonchev–Trinajstić information content (AvgIpc) is 2.54. The standard InChI is InChI=1S/C20H27NO3/c1-4-24-11-10-21-14-16-18(22)13-20(2,3)17(19(16)23)12-15-8-6-5-7-9-15/h5-9,14,17,21H,4,10-13H2,1-3H3. The lowest BCUT2D eigenvalue weighted by molar-refractivity contribution is -0.132. The third kappa shape index (κ3) is 4.54. The summed E-state index contributed by atoms with van der Waals surface area (Å²) in [5.74, 6) is -0.306. The Labute approximate surface area is 144 Å². The minimum absolute atomic E-state index is 0.0518. The smallest absolute Gasteiger partial charge is 0.171 e. The van der Waals surface area contributed by atoms with Gasteiger partial charge < -0.3 is 10.1 Å². The molecule has 0 radical (unpaired) electrons. The second kappa shape index (κ2) is 8.25. The number of carbonyl (C=O) groups is 2. The van der Waals surface area contributed by atoms with Gasteiger partial charge in [-0.05, 0) is 24.3 Å². The normalized spacial score (nSPS) is 22.0. The van der Waals surface area contributed by atoms with Gasteiger partial charge in [-0.3, -0.25) is 9.59 Å². The zero-order valence-electron chi connectivity index (χ0n) is 14.8. The molecule has 0 bridgehead atoms. The van der Waals surface area contributed by atoms with Gasteiger partial charge >= 0.3 is 0 Å². The van der Waals surface area contributed by atoms with E-state index < -0.39 is 0 Å². The minimum Gasteiger partial charge on any atom is -0.388 e. The molecule has 0 amide bonds. The second-order valence-electron chi connectivity index (χ2n) is 6.90. The topological polar surface area (TPSA) is 55.4 Å². The van der Waals surface area contributed by atoms with E-state index in [0.717, 1.165) is 5.56 Å². The first-order chi connectivity index (χ1) is 11.5. The van der Waals surface area contributed by atoms with Crippen LogP contribution in [0.3, 0.4) is 0 Å². The third-order valence-electron chi connectivity index (χ3n) is 4.57. The predicted octanol–water partition coefficient (Wildman–Crippen LogP) is 2.92. The number of Topliss-reactive ketones (excluding diaryl/α,β-unsaturated/α-hetero) is 2. The van der Waals surface area contributed by atoms with Crippen molar-refractivity contribution in [1.82, 2.24) is 5.32 Å². The highest BCUT2D eigenvalue weighted by atomic mass is 16.5. The molecule has 0 spiro atoms. The molecule has 1 aromatic carbocycles. The van der Waals surface area contributed by atoms with Crippen molar-refractivity contribution in [3.63, 3.8) is 0 Å². The van der Waals surface area contributed by atoms with E-state index in [2.05, 4.69) is 5.32 Å². The third-order valence-corrected chi connectivity index (χ3v) is 4.57. The van der Waals surface area contributed by atoms with Crippen molar-refractivity contribution in [1.29, 1.82) is 0 Å². The van der Waals surface area contributed by atoms with Crippen LogP contribution in [0.15, 0.2) is 42.1 Å². The van der Waals surface area contributed by atoms with Crippen molar-refractivity contribution in [3.05, 3.63) is 47.7 Å². The molecule has 4 nitrogen and oxygen atoms in total. The largest absolute Gasteiger partial charge is 0.388 e. The molecule has 2 rings (SSSR count). The number of carbonyl (C=O) groups excluding carboxylic acids is 2. The molecule has 4 heteroatoms. The number of ketones is 2. The van der Waals surface area contributed by atoms with Gasteiger partial charge in [-0.1, -0.05) is 44.2 Å². The zero-order chi connectivity index (χ0) is 17.6. The molecule has 1 aromatic rings. The molecule has 24 heavy (non-hydrogen) atoms. The fourth-order valence-corrected chi connectivity index (χ4v) is 3.13. The number of nitrogens with one attached hydrogen (secondary N) is 1. The van der Waals surface area contributed by atoms with Gasteiger partial charge in [0.2, 0.25) is 0 Å². The summed E-state index contributed by atoms with van der Waals surface area (Å²) in [5, 5.41) is 3.03. The summed E-state index contributed by atoms with van der Waals surface area (Å²) in [4.78, 5) is 25.3. The number of hydrogen-bond donors (Lipinski definition) is 1. The fourth-order valence-electron chi connectivity index (χ4n) is 3.13. The maximum absolute atomic E-state index is 12.9.